The summed E-state index contributed by atoms with van der Waals surface area (Å²) in [5.74, 6) is 0.713. The van der Waals surface area contributed by atoms with Gasteiger partial charge < -0.3 is 4.74 Å². The van der Waals surface area contributed by atoms with Crippen molar-refractivity contribution >= 4 is 11.3 Å². The molecule has 4 heteroatoms. The van der Waals surface area contributed by atoms with Gasteiger partial charge in [0.15, 0.2) is 0 Å². The average Bonchev–Trinajstić information content (AvgIpc) is 2.75. The predicted molar refractivity (Wildman–Crippen MR) is 65.9 cm³/mol. The maximum absolute atomic E-state index is 5.48. The molecule has 0 bridgehead atoms. The van der Waals surface area contributed by atoms with Gasteiger partial charge in [0.2, 0.25) is 5.88 Å². The Kier molecular flexibility index (Phi) is 3.51. The first-order valence-electron chi connectivity index (χ1n) is 5.30. The fourth-order valence-electron chi connectivity index (χ4n) is 1.34. The van der Waals surface area contributed by atoms with Crippen LogP contribution in [0.3, 0.4) is 0 Å². The van der Waals surface area contributed by atoms with Crippen molar-refractivity contribution in [1.82, 2.24) is 9.97 Å². The molecule has 0 unspecified atom stereocenters. The minimum Gasteiger partial charge on any atom is -0.477 e. The molecule has 0 aliphatic rings. The molecule has 16 heavy (non-hydrogen) atoms. The molecule has 0 amide bonds. The lowest BCUT2D eigenvalue weighted by Crippen LogP contribution is -1.94. The van der Waals surface area contributed by atoms with E-state index >= 15 is 0 Å². The first kappa shape index (κ1) is 11.1. The molecule has 2 aromatic rings. The van der Waals surface area contributed by atoms with Gasteiger partial charge in [-0.05, 0) is 25.0 Å². The molecule has 0 aliphatic heterocycles. The van der Waals surface area contributed by atoms with Crippen molar-refractivity contribution in [2.75, 3.05) is 6.61 Å². The molecule has 0 saturated carbocycles. The van der Waals surface area contributed by atoms with Gasteiger partial charge in [-0.25, -0.2) is 4.98 Å². The average molecular weight is 234 g/mol. The SMILES string of the molecule is CCCOc1csc(-c2cnccc2C)n1. The molecule has 2 heterocycles. The van der Waals surface area contributed by atoms with Crippen LogP contribution in [0.2, 0.25) is 0 Å². The quantitative estimate of drug-likeness (QED) is 0.814. The topological polar surface area (TPSA) is 35.0 Å². The lowest BCUT2D eigenvalue weighted by molar-refractivity contribution is 0.307. The van der Waals surface area contributed by atoms with Gasteiger partial charge in [0.05, 0.1) is 12.0 Å². The van der Waals surface area contributed by atoms with Crippen molar-refractivity contribution in [1.29, 1.82) is 0 Å². The monoisotopic (exact) mass is 234 g/mol. The Morgan fingerprint density at radius 1 is 1.44 bits per heavy atom. The number of aryl methyl sites for hydroxylation is 1. The first-order chi connectivity index (χ1) is 7.81. The third-order valence-corrected chi connectivity index (χ3v) is 3.06. The molecular formula is C12H14N2OS. The molecule has 0 aromatic carbocycles. The Balaban J connectivity index is 2.22. The highest BCUT2D eigenvalue weighted by atomic mass is 32.1. The van der Waals surface area contributed by atoms with Crippen LogP contribution in [0, 0.1) is 6.92 Å². The van der Waals surface area contributed by atoms with Gasteiger partial charge in [-0.15, -0.1) is 11.3 Å². The summed E-state index contributed by atoms with van der Waals surface area (Å²) in [6.45, 7) is 4.86. The number of thiazole rings is 1. The maximum Gasteiger partial charge on any atom is 0.224 e. The molecule has 3 nitrogen and oxygen atoms in total. The highest BCUT2D eigenvalue weighted by molar-refractivity contribution is 7.13. The molecular weight excluding hydrogens is 220 g/mol. The number of rotatable bonds is 4. The number of ether oxygens (including phenoxy) is 1. The van der Waals surface area contributed by atoms with Crippen LogP contribution in [0.4, 0.5) is 0 Å². The molecule has 2 aromatic heterocycles. The van der Waals surface area contributed by atoms with Crippen LogP contribution in [0.5, 0.6) is 5.88 Å². The summed E-state index contributed by atoms with van der Waals surface area (Å²) in [6.07, 6.45) is 4.64. The van der Waals surface area contributed by atoms with Crippen molar-refractivity contribution in [3.05, 3.63) is 29.4 Å². The summed E-state index contributed by atoms with van der Waals surface area (Å²) in [5.41, 5.74) is 2.27. The van der Waals surface area contributed by atoms with E-state index in [1.807, 2.05) is 17.6 Å². The zero-order valence-corrected chi connectivity index (χ0v) is 10.3. The molecule has 0 radical (unpaired) electrons. The van der Waals surface area contributed by atoms with E-state index in [2.05, 4.69) is 23.8 Å². The second kappa shape index (κ2) is 5.07. The van der Waals surface area contributed by atoms with E-state index < -0.39 is 0 Å². The Morgan fingerprint density at radius 2 is 2.31 bits per heavy atom. The minimum absolute atomic E-state index is 0.713. The van der Waals surface area contributed by atoms with Crippen LogP contribution in [-0.4, -0.2) is 16.6 Å². The third kappa shape index (κ3) is 2.39. The smallest absolute Gasteiger partial charge is 0.224 e. The van der Waals surface area contributed by atoms with E-state index in [0.29, 0.717) is 5.88 Å². The zero-order chi connectivity index (χ0) is 11.4. The molecule has 0 atom stereocenters. The Labute approximate surface area is 99.1 Å². The number of aromatic nitrogens is 2. The first-order valence-corrected chi connectivity index (χ1v) is 6.18. The van der Waals surface area contributed by atoms with Crippen molar-refractivity contribution in [2.45, 2.75) is 20.3 Å². The lowest BCUT2D eigenvalue weighted by atomic mass is 10.2. The summed E-state index contributed by atoms with van der Waals surface area (Å²) in [4.78, 5) is 8.55. The van der Waals surface area contributed by atoms with Crippen molar-refractivity contribution in [2.24, 2.45) is 0 Å². The number of nitrogens with zero attached hydrogens (tertiary/aromatic N) is 2. The van der Waals surface area contributed by atoms with E-state index in [1.165, 1.54) is 5.56 Å². The summed E-state index contributed by atoms with van der Waals surface area (Å²) in [5, 5.41) is 2.91. The van der Waals surface area contributed by atoms with Gasteiger partial charge in [-0.3, -0.25) is 4.98 Å². The molecule has 0 saturated heterocycles. The number of hydrogen-bond donors (Lipinski definition) is 0. The fraction of sp³-hybridized carbons (Fsp3) is 0.333. The van der Waals surface area contributed by atoms with Crippen molar-refractivity contribution in [3.63, 3.8) is 0 Å². The Morgan fingerprint density at radius 3 is 3.06 bits per heavy atom. The molecule has 0 fully saturated rings. The second-order valence-corrected chi connectivity index (χ2v) is 4.39. The van der Waals surface area contributed by atoms with Crippen LogP contribution in [0.15, 0.2) is 23.8 Å². The summed E-state index contributed by atoms with van der Waals surface area (Å²) < 4.78 is 5.48. The van der Waals surface area contributed by atoms with Crippen LogP contribution in [-0.2, 0) is 0 Å². The van der Waals surface area contributed by atoms with E-state index in [1.54, 1.807) is 17.5 Å². The van der Waals surface area contributed by atoms with Gasteiger partial charge in [-0.2, -0.15) is 0 Å². The molecule has 0 spiro atoms. The largest absolute Gasteiger partial charge is 0.477 e. The maximum atomic E-state index is 5.48. The van der Waals surface area contributed by atoms with Crippen LogP contribution in [0.1, 0.15) is 18.9 Å². The van der Waals surface area contributed by atoms with Crippen LogP contribution < -0.4 is 4.74 Å². The predicted octanol–water partition coefficient (Wildman–Crippen LogP) is 3.30. The van der Waals surface area contributed by atoms with E-state index in [9.17, 15) is 0 Å². The molecule has 2 rings (SSSR count). The number of pyridine rings is 1. The van der Waals surface area contributed by atoms with E-state index in [0.717, 1.165) is 23.6 Å². The molecule has 0 aliphatic carbocycles. The van der Waals surface area contributed by atoms with Gasteiger partial charge in [0.1, 0.15) is 5.01 Å². The summed E-state index contributed by atoms with van der Waals surface area (Å²) in [6, 6.07) is 1.99. The molecule has 0 N–H and O–H groups in total. The van der Waals surface area contributed by atoms with Gasteiger partial charge in [0, 0.05) is 18.0 Å². The molecule has 84 valence electrons. The minimum atomic E-state index is 0.713. The zero-order valence-electron chi connectivity index (χ0n) is 9.43. The Bertz CT molecular complexity index is 468. The lowest BCUT2D eigenvalue weighted by Gasteiger charge is -2.00. The highest BCUT2D eigenvalue weighted by Crippen LogP contribution is 2.28. The van der Waals surface area contributed by atoms with Gasteiger partial charge in [0.25, 0.3) is 0 Å². The van der Waals surface area contributed by atoms with E-state index in [-0.39, 0.29) is 0 Å². The second-order valence-electron chi connectivity index (χ2n) is 3.53. The van der Waals surface area contributed by atoms with Crippen molar-refractivity contribution in [3.8, 4) is 16.5 Å². The summed E-state index contributed by atoms with van der Waals surface area (Å²) in [7, 11) is 0. The van der Waals surface area contributed by atoms with Crippen LogP contribution in [0.25, 0.3) is 10.6 Å². The summed E-state index contributed by atoms with van der Waals surface area (Å²) >= 11 is 1.59. The highest BCUT2D eigenvalue weighted by Gasteiger charge is 2.07. The van der Waals surface area contributed by atoms with Crippen molar-refractivity contribution < 1.29 is 4.74 Å². The van der Waals surface area contributed by atoms with Crippen LogP contribution >= 0.6 is 11.3 Å². The Hall–Kier alpha value is -1.42. The van der Waals surface area contributed by atoms with E-state index in [4.69, 9.17) is 4.74 Å². The normalized spacial score (nSPS) is 10.4. The van der Waals surface area contributed by atoms with Gasteiger partial charge in [-0.1, -0.05) is 6.92 Å². The third-order valence-electron chi connectivity index (χ3n) is 2.21. The standard InChI is InChI=1S/C12H14N2OS/c1-3-6-15-11-8-16-12(14-11)10-7-13-5-4-9(10)2/h4-5,7-8H,3,6H2,1-2H3. The van der Waals surface area contributed by atoms with Gasteiger partial charge >= 0.3 is 0 Å². The fourth-order valence-corrected chi connectivity index (χ4v) is 2.16. The number of hydrogen-bond acceptors (Lipinski definition) is 4.